The standard InChI is InChI=1S/C35H56N7O19P3S/c1-4-5-6-7-22-20(8-9-23(22)44)14-21(43)15-26(46)65-13-12-37-25(45)10-11-38-33(49)30(48)35(2,3)17-58-64(55,56)61-63(53,54)57-16-24-29(60-62(50,51)52)28(47)34(59-24)42-19-41-27-31(36)39-18-40-32(27)42/h5-6,18-22,24,28-30,34,43,47-48H,4,7-17H2,1-3H3,(H,37,45)(H,38,49)(H,53,54)(H,55,56)(H2,36,39,40)(H2,50,51,52)/b6-5-/t20?,21?,22?,24-,28-,29-,30+,34-/m1/s1. The molecule has 2 fully saturated rings. The van der Waals surface area contributed by atoms with E-state index in [1.165, 1.54) is 13.8 Å². The average molecular weight is 1000 g/mol. The molecule has 2 aromatic rings. The van der Waals surface area contributed by atoms with Gasteiger partial charge in [-0.3, -0.25) is 37.3 Å². The first-order valence-electron chi connectivity index (χ1n) is 20.2. The predicted molar refractivity (Wildman–Crippen MR) is 228 cm³/mol. The van der Waals surface area contributed by atoms with Crippen molar-refractivity contribution < 1.29 is 90.4 Å². The van der Waals surface area contributed by atoms with Gasteiger partial charge in [-0.15, -0.1) is 0 Å². The number of ether oxygens (including phenoxy) is 1. The maximum absolute atomic E-state index is 12.7. The van der Waals surface area contributed by atoms with Crippen molar-refractivity contribution in [3.63, 3.8) is 0 Å². The number of fused-ring (bicyclic) bond motifs is 1. The third-order valence-corrected chi connectivity index (χ3v) is 14.3. The van der Waals surface area contributed by atoms with Crippen LogP contribution >= 0.6 is 35.2 Å². The molecule has 2 aliphatic rings. The summed E-state index contributed by atoms with van der Waals surface area (Å²) in [6, 6.07) is 0. The first kappa shape index (κ1) is 54.5. The Morgan fingerprint density at radius 2 is 1.77 bits per heavy atom. The van der Waals surface area contributed by atoms with Crippen LogP contribution in [0.1, 0.15) is 71.9 Å². The summed E-state index contributed by atoms with van der Waals surface area (Å²) < 4.78 is 62.3. The lowest BCUT2D eigenvalue weighted by Crippen LogP contribution is -2.46. The van der Waals surface area contributed by atoms with Crippen molar-refractivity contribution >= 4 is 74.9 Å². The third kappa shape index (κ3) is 16.6. The molecule has 26 nitrogen and oxygen atoms in total. The van der Waals surface area contributed by atoms with E-state index in [-0.39, 0.29) is 71.4 Å². The van der Waals surface area contributed by atoms with Crippen LogP contribution < -0.4 is 16.4 Å². The minimum absolute atomic E-state index is 0.0134. The number of aliphatic hydroxyl groups is 3. The molecule has 0 radical (unpaired) electrons. The fourth-order valence-electron chi connectivity index (χ4n) is 6.97. The number of aromatic nitrogens is 4. The van der Waals surface area contributed by atoms with Gasteiger partial charge in [-0.05, 0) is 31.6 Å². The number of carbonyl (C=O) groups excluding carboxylic acids is 4. The highest BCUT2D eigenvalue weighted by Gasteiger charge is 2.50. The Hall–Kier alpha value is -3.07. The Balaban J connectivity index is 1.16. The van der Waals surface area contributed by atoms with Crippen molar-refractivity contribution in [2.75, 3.05) is 37.8 Å². The first-order valence-corrected chi connectivity index (χ1v) is 25.7. The lowest BCUT2D eigenvalue weighted by molar-refractivity contribution is -0.137. The van der Waals surface area contributed by atoms with E-state index >= 15 is 0 Å². The second-order valence-corrected chi connectivity index (χ2v) is 21.3. The summed E-state index contributed by atoms with van der Waals surface area (Å²) in [6.07, 6.45) is -1.10. The lowest BCUT2D eigenvalue weighted by atomic mass is 9.87. The van der Waals surface area contributed by atoms with E-state index < -0.39 is 90.7 Å². The number of hydrogen-bond acceptors (Lipinski definition) is 20. The number of phosphoric acid groups is 3. The van der Waals surface area contributed by atoms with Gasteiger partial charge in [0.2, 0.25) is 11.8 Å². The van der Waals surface area contributed by atoms with Crippen LogP contribution in [0.15, 0.2) is 24.8 Å². The number of hydrogen-bond donors (Lipinski definition) is 10. The van der Waals surface area contributed by atoms with Crippen molar-refractivity contribution in [2.45, 2.75) is 102 Å². The van der Waals surface area contributed by atoms with E-state index in [1.54, 1.807) is 0 Å². The molecule has 2 amide bonds. The van der Waals surface area contributed by atoms with Gasteiger partial charge in [0.05, 0.1) is 25.6 Å². The monoisotopic (exact) mass is 1000 g/mol. The van der Waals surface area contributed by atoms with Crippen LogP contribution in [-0.4, -0.2) is 140 Å². The highest BCUT2D eigenvalue weighted by molar-refractivity contribution is 8.13. The summed E-state index contributed by atoms with van der Waals surface area (Å²) in [5.74, 6) is -1.30. The van der Waals surface area contributed by atoms with Gasteiger partial charge in [0.15, 0.2) is 22.8 Å². The zero-order valence-corrected chi connectivity index (χ0v) is 39.1. The second-order valence-electron chi connectivity index (χ2n) is 15.9. The molecule has 0 bridgehead atoms. The molecule has 1 aliphatic heterocycles. The molecule has 1 saturated heterocycles. The molecular weight excluding hydrogens is 947 g/mol. The number of rotatable bonds is 26. The molecule has 1 aliphatic carbocycles. The molecule has 4 rings (SSSR count). The normalized spacial score (nSPS) is 24.5. The number of phosphoric ester groups is 3. The van der Waals surface area contributed by atoms with E-state index in [1.807, 2.05) is 19.1 Å². The van der Waals surface area contributed by atoms with E-state index in [9.17, 15) is 67.8 Å². The molecule has 366 valence electrons. The zero-order chi connectivity index (χ0) is 48.3. The van der Waals surface area contributed by atoms with E-state index in [0.29, 0.717) is 25.7 Å². The predicted octanol–water partition coefficient (Wildman–Crippen LogP) is 0.757. The molecule has 11 N–H and O–H groups in total. The van der Waals surface area contributed by atoms with Crippen molar-refractivity contribution in [3.05, 3.63) is 24.8 Å². The highest BCUT2D eigenvalue weighted by atomic mass is 32.2. The van der Waals surface area contributed by atoms with E-state index in [2.05, 4.69) is 34.4 Å². The SMILES string of the molecule is CC/C=C\CC1C(=O)CCC1CC(O)CC(=O)SCCNC(=O)CCNC(=O)[C@H](O)C(C)(C)COP(=O)(O)OP(=O)(O)OC[C@H]1O[C@@H](n2cnc3c(N)ncnc32)[C@H](O)[C@@H]1OP(=O)(O)O. The van der Waals surface area contributed by atoms with Gasteiger partial charge in [0.25, 0.3) is 0 Å². The molecule has 2 aromatic heterocycles. The minimum Gasteiger partial charge on any atom is -0.393 e. The third-order valence-electron chi connectivity index (χ3n) is 10.3. The fourth-order valence-corrected chi connectivity index (χ4v) is 10.5. The molecule has 0 aromatic carbocycles. The Bertz CT molecular complexity index is 2160. The summed E-state index contributed by atoms with van der Waals surface area (Å²) in [5.41, 5.74) is 4.22. The Morgan fingerprint density at radius 1 is 1.06 bits per heavy atom. The number of carbonyl (C=O) groups is 4. The number of nitrogens with one attached hydrogen (secondary N) is 2. The van der Waals surface area contributed by atoms with Crippen LogP contribution in [0.25, 0.3) is 11.2 Å². The van der Waals surface area contributed by atoms with Crippen LogP contribution in [0.3, 0.4) is 0 Å². The van der Waals surface area contributed by atoms with Crippen LogP contribution in [0.4, 0.5) is 5.82 Å². The summed E-state index contributed by atoms with van der Waals surface area (Å²) >= 11 is 0.937. The highest BCUT2D eigenvalue weighted by Crippen LogP contribution is 2.61. The number of amides is 2. The van der Waals surface area contributed by atoms with Crippen LogP contribution in [0.5, 0.6) is 0 Å². The molecule has 1 saturated carbocycles. The summed E-state index contributed by atoms with van der Waals surface area (Å²) in [4.78, 5) is 101. The number of nitrogens with two attached hydrogens (primary N) is 1. The molecule has 10 atom stereocenters. The zero-order valence-electron chi connectivity index (χ0n) is 35.6. The largest absolute Gasteiger partial charge is 0.481 e. The smallest absolute Gasteiger partial charge is 0.393 e. The molecule has 3 heterocycles. The van der Waals surface area contributed by atoms with Crippen molar-refractivity contribution in [3.8, 4) is 0 Å². The van der Waals surface area contributed by atoms with Gasteiger partial charge in [-0.25, -0.2) is 28.6 Å². The minimum atomic E-state index is -5.60. The number of aliphatic hydroxyl groups excluding tert-OH is 3. The number of nitrogens with zero attached hydrogens (tertiary/aromatic N) is 4. The maximum Gasteiger partial charge on any atom is 0.481 e. The quantitative estimate of drug-likeness (QED) is 0.0353. The molecule has 30 heteroatoms. The lowest BCUT2D eigenvalue weighted by Gasteiger charge is -2.30. The summed E-state index contributed by atoms with van der Waals surface area (Å²) in [7, 11) is -16.5. The first-order chi connectivity index (χ1) is 30.3. The number of nitrogen functional groups attached to an aromatic ring is 1. The summed E-state index contributed by atoms with van der Waals surface area (Å²) in [5, 5.41) is 36.7. The van der Waals surface area contributed by atoms with Gasteiger partial charge in [0.1, 0.15) is 42.0 Å². The van der Waals surface area contributed by atoms with Crippen LogP contribution in [0.2, 0.25) is 0 Å². The number of thioether (sulfide) groups is 1. The van der Waals surface area contributed by atoms with Gasteiger partial charge in [-0.1, -0.05) is 44.7 Å². The fraction of sp³-hybridized carbons (Fsp3) is 0.686. The van der Waals surface area contributed by atoms with Gasteiger partial charge in [0, 0.05) is 49.4 Å². The number of anilines is 1. The summed E-state index contributed by atoms with van der Waals surface area (Å²) in [6.45, 7) is 2.27. The Morgan fingerprint density at radius 3 is 2.46 bits per heavy atom. The number of Topliss-reactive ketones (excluding diaryl/α,β-unsaturated/α-hetero) is 1. The van der Waals surface area contributed by atoms with Crippen LogP contribution in [0, 0.1) is 17.3 Å². The number of ketones is 1. The van der Waals surface area contributed by atoms with Crippen LogP contribution in [-0.2, 0) is 55.5 Å². The average Bonchev–Trinajstić information content (AvgIpc) is 3.88. The Labute approximate surface area is 376 Å². The topological polar surface area (TPSA) is 401 Å². The van der Waals surface area contributed by atoms with Gasteiger partial charge in [-0.2, -0.15) is 4.31 Å². The number of allylic oxidation sites excluding steroid dienone is 2. The van der Waals surface area contributed by atoms with Crippen molar-refractivity contribution in [1.82, 2.24) is 30.2 Å². The number of imidazole rings is 1. The molecule has 5 unspecified atom stereocenters. The maximum atomic E-state index is 12.7. The van der Waals surface area contributed by atoms with Gasteiger partial charge < -0.3 is 56.0 Å². The molecular formula is C35H56N7O19P3S. The van der Waals surface area contributed by atoms with Crippen molar-refractivity contribution in [2.24, 2.45) is 17.3 Å². The van der Waals surface area contributed by atoms with E-state index in [4.69, 9.17) is 19.5 Å². The Kier molecular flexibility index (Phi) is 20.0. The second kappa shape index (κ2) is 23.8. The van der Waals surface area contributed by atoms with Gasteiger partial charge >= 0.3 is 23.5 Å². The van der Waals surface area contributed by atoms with Crippen molar-refractivity contribution in [1.29, 1.82) is 0 Å². The van der Waals surface area contributed by atoms with E-state index in [0.717, 1.165) is 35.4 Å². The molecule has 65 heavy (non-hydrogen) atoms. The molecule has 0 spiro atoms.